The number of imidazole rings is 1. The molecular weight excluding hydrogens is 292 g/mol. The molecule has 3 nitrogen and oxygen atoms in total. The van der Waals surface area contributed by atoms with Gasteiger partial charge in [0, 0.05) is 35.1 Å². The first-order chi connectivity index (χ1) is 8.78. The van der Waals surface area contributed by atoms with Crippen LogP contribution in [0.1, 0.15) is 12.1 Å². The molecule has 0 saturated carbocycles. The third-order valence-corrected chi connectivity index (χ3v) is 4.09. The van der Waals surface area contributed by atoms with Crippen molar-refractivity contribution in [2.24, 2.45) is 5.92 Å². The van der Waals surface area contributed by atoms with E-state index in [1.54, 1.807) is 0 Å². The molecule has 0 bridgehead atoms. The maximum atomic E-state index is 9.24. The molecule has 2 heterocycles. The van der Waals surface area contributed by atoms with E-state index < -0.39 is 0 Å². The Morgan fingerprint density at radius 1 is 1.33 bits per heavy atom. The number of aliphatic hydroxyl groups excluding tert-OH is 1. The highest BCUT2D eigenvalue weighted by Gasteiger charge is 2.21. The Morgan fingerprint density at radius 3 is 2.83 bits per heavy atom. The lowest BCUT2D eigenvalue weighted by Gasteiger charge is -2.23. The van der Waals surface area contributed by atoms with Crippen molar-refractivity contribution in [2.75, 3.05) is 6.61 Å². The fraction of sp³-hybridized carbons (Fsp3) is 0.357. The van der Waals surface area contributed by atoms with Gasteiger partial charge in [-0.1, -0.05) is 28.1 Å². The van der Waals surface area contributed by atoms with Crippen LogP contribution in [-0.2, 0) is 13.0 Å². The summed E-state index contributed by atoms with van der Waals surface area (Å²) in [6, 6.07) is 8.24. The van der Waals surface area contributed by atoms with Crippen LogP contribution < -0.4 is 0 Å². The van der Waals surface area contributed by atoms with E-state index in [4.69, 9.17) is 0 Å². The number of benzene rings is 1. The predicted octanol–water partition coefficient (Wildman–Crippen LogP) is 2.87. The Bertz CT molecular complexity index is 547. The highest BCUT2D eigenvalue weighted by Crippen LogP contribution is 2.27. The van der Waals surface area contributed by atoms with Crippen molar-refractivity contribution in [3.63, 3.8) is 0 Å². The quantitative estimate of drug-likeness (QED) is 0.926. The van der Waals surface area contributed by atoms with Gasteiger partial charge in [0.25, 0.3) is 0 Å². The van der Waals surface area contributed by atoms with Crippen molar-refractivity contribution >= 4 is 15.9 Å². The van der Waals surface area contributed by atoms with Gasteiger partial charge in [0.05, 0.1) is 0 Å². The molecule has 2 aromatic rings. The zero-order valence-electron chi connectivity index (χ0n) is 10.0. The minimum absolute atomic E-state index is 0.277. The summed E-state index contributed by atoms with van der Waals surface area (Å²) in [6.07, 6.45) is 3.91. The fourth-order valence-electron chi connectivity index (χ4n) is 2.52. The van der Waals surface area contributed by atoms with E-state index in [1.807, 2.05) is 18.3 Å². The van der Waals surface area contributed by atoms with E-state index in [0.29, 0.717) is 5.92 Å². The van der Waals surface area contributed by atoms with E-state index in [1.165, 1.54) is 5.69 Å². The van der Waals surface area contributed by atoms with Gasteiger partial charge in [-0.2, -0.15) is 0 Å². The number of rotatable bonds is 2. The molecule has 0 aliphatic carbocycles. The topological polar surface area (TPSA) is 38.0 Å². The first kappa shape index (κ1) is 11.9. The van der Waals surface area contributed by atoms with E-state index in [9.17, 15) is 5.11 Å². The number of halogens is 1. The van der Waals surface area contributed by atoms with Crippen molar-refractivity contribution in [3.05, 3.63) is 40.6 Å². The van der Waals surface area contributed by atoms with Crippen LogP contribution in [0, 0.1) is 5.92 Å². The van der Waals surface area contributed by atoms with E-state index in [2.05, 4.69) is 37.6 Å². The lowest BCUT2D eigenvalue weighted by molar-refractivity contribution is 0.201. The fourth-order valence-corrected chi connectivity index (χ4v) is 2.78. The Hall–Kier alpha value is -1.13. The maximum Gasteiger partial charge on any atom is 0.140 e. The third-order valence-electron chi connectivity index (χ3n) is 3.56. The summed E-state index contributed by atoms with van der Waals surface area (Å²) in [4.78, 5) is 4.53. The Morgan fingerprint density at radius 2 is 2.11 bits per heavy atom. The molecular formula is C14H15BrN2O. The second-order valence-corrected chi connectivity index (χ2v) is 5.69. The van der Waals surface area contributed by atoms with Gasteiger partial charge in [-0.25, -0.2) is 4.98 Å². The van der Waals surface area contributed by atoms with Gasteiger partial charge >= 0.3 is 0 Å². The Labute approximate surface area is 115 Å². The lowest BCUT2D eigenvalue weighted by Crippen LogP contribution is -2.21. The summed E-state index contributed by atoms with van der Waals surface area (Å²) in [5, 5.41) is 9.24. The van der Waals surface area contributed by atoms with Crippen molar-refractivity contribution in [2.45, 2.75) is 19.4 Å². The van der Waals surface area contributed by atoms with E-state index in [0.717, 1.165) is 35.2 Å². The summed E-state index contributed by atoms with van der Waals surface area (Å²) in [7, 11) is 0. The summed E-state index contributed by atoms with van der Waals surface area (Å²) < 4.78 is 3.35. The zero-order chi connectivity index (χ0) is 12.5. The molecule has 1 aliphatic rings. The number of nitrogens with zero attached hydrogens (tertiary/aromatic N) is 2. The van der Waals surface area contributed by atoms with Gasteiger partial charge in [-0.15, -0.1) is 0 Å². The Kier molecular flexibility index (Phi) is 3.22. The van der Waals surface area contributed by atoms with Crippen molar-refractivity contribution in [3.8, 4) is 11.4 Å². The number of aromatic nitrogens is 2. The summed E-state index contributed by atoms with van der Waals surface area (Å²) in [5.41, 5.74) is 2.38. The molecule has 0 radical (unpaired) electrons. The normalized spacial score (nSPS) is 18.7. The zero-order valence-corrected chi connectivity index (χ0v) is 11.6. The number of hydrogen-bond acceptors (Lipinski definition) is 2. The second-order valence-electron chi connectivity index (χ2n) is 4.77. The highest BCUT2D eigenvalue weighted by atomic mass is 79.9. The van der Waals surface area contributed by atoms with E-state index in [-0.39, 0.29) is 6.61 Å². The standard InChI is InChI=1S/C14H15BrN2O/c15-12-3-1-11(2-4-12)14-16-8-13-7-10(9-18)5-6-17(13)14/h1-4,8,10,18H,5-7,9H2. The minimum Gasteiger partial charge on any atom is -0.396 e. The van der Waals surface area contributed by atoms with Crippen molar-refractivity contribution in [1.82, 2.24) is 9.55 Å². The number of fused-ring (bicyclic) bond motifs is 1. The largest absolute Gasteiger partial charge is 0.396 e. The van der Waals surface area contributed by atoms with Crippen LogP contribution in [0.3, 0.4) is 0 Å². The molecule has 3 rings (SSSR count). The van der Waals surface area contributed by atoms with Crippen LogP contribution in [0.2, 0.25) is 0 Å². The lowest BCUT2D eigenvalue weighted by atomic mass is 9.97. The summed E-state index contributed by atoms with van der Waals surface area (Å²) >= 11 is 3.45. The summed E-state index contributed by atoms with van der Waals surface area (Å²) in [6.45, 7) is 1.23. The highest BCUT2D eigenvalue weighted by molar-refractivity contribution is 9.10. The van der Waals surface area contributed by atoms with Crippen LogP contribution >= 0.6 is 15.9 Å². The number of aliphatic hydroxyl groups is 1. The van der Waals surface area contributed by atoms with E-state index >= 15 is 0 Å². The number of hydrogen-bond donors (Lipinski definition) is 1. The van der Waals surface area contributed by atoms with Gasteiger partial charge in [-0.3, -0.25) is 0 Å². The SMILES string of the molecule is OCC1CCn2c(cnc2-c2ccc(Br)cc2)C1. The van der Waals surface area contributed by atoms with Crippen LogP contribution in [0.5, 0.6) is 0 Å². The van der Waals surface area contributed by atoms with Crippen LogP contribution in [0.15, 0.2) is 34.9 Å². The van der Waals surface area contributed by atoms with Crippen LogP contribution in [0.25, 0.3) is 11.4 Å². The molecule has 0 saturated heterocycles. The van der Waals surface area contributed by atoms with Crippen molar-refractivity contribution < 1.29 is 5.11 Å². The molecule has 94 valence electrons. The van der Waals surface area contributed by atoms with Crippen LogP contribution in [-0.4, -0.2) is 21.3 Å². The third kappa shape index (κ3) is 2.10. The summed E-state index contributed by atoms with van der Waals surface area (Å²) in [5.74, 6) is 1.43. The van der Waals surface area contributed by atoms with Crippen molar-refractivity contribution in [1.29, 1.82) is 0 Å². The van der Waals surface area contributed by atoms with Gasteiger partial charge < -0.3 is 9.67 Å². The Balaban J connectivity index is 1.96. The second kappa shape index (κ2) is 4.86. The van der Waals surface area contributed by atoms with Gasteiger partial charge in [-0.05, 0) is 30.9 Å². The van der Waals surface area contributed by atoms with Gasteiger partial charge in [0.1, 0.15) is 5.82 Å². The van der Waals surface area contributed by atoms with Gasteiger partial charge in [0.2, 0.25) is 0 Å². The molecule has 1 N–H and O–H groups in total. The molecule has 1 aliphatic heterocycles. The minimum atomic E-state index is 0.277. The molecule has 4 heteroatoms. The molecule has 1 atom stereocenters. The molecule has 18 heavy (non-hydrogen) atoms. The van der Waals surface area contributed by atoms with Gasteiger partial charge in [0.15, 0.2) is 0 Å². The first-order valence-electron chi connectivity index (χ1n) is 6.19. The molecule has 0 fully saturated rings. The molecule has 1 aromatic carbocycles. The maximum absolute atomic E-state index is 9.24. The monoisotopic (exact) mass is 306 g/mol. The molecule has 1 unspecified atom stereocenters. The average molecular weight is 307 g/mol. The van der Waals surface area contributed by atoms with Crippen LogP contribution in [0.4, 0.5) is 0 Å². The average Bonchev–Trinajstić information content (AvgIpc) is 2.82. The first-order valence-corrected chi connectivity index (χ1v) is 6.98. The smallest absolute Gasteiger partial charge is 0.140 e. The predicted molar refractivity (Wildman–Crippen MR) is 74.3 cm³/mol. The molecule has 0 amide bonds. The molecule has 1 aromatic heterocycles. The molecule has 0 spiro atoms.